The van der Waals surface area contributed by atoms with E-state index in [1.54, 1.807) is 24.3 Å². The third-order valence-corrected chi connectivity index (χ3v) is 2.36. The molecule has 0 spiro atoms. The van der Waals surface area contributed by atoms with E-state index >= 15 is 0 Å². The first-order chi connectivity index (χ1) is 8.13. The fraction of sp³-hybridized carbons (Fsp3) is 0.417. The highest BCUT2D eigenvalue weighted by Gasteiger charge is 2.13. The van der Waals surface area contributed by atoms with Gasteiger partial charge in [0, 0.05) is 13.2 Å². The van der Waals surface area contributed by atoms with E-state index in [-0.39, 0.29) is 18.3 Å². The minimum atomic E-state index is -0.613. The van der Waals surface area contributed by atoms with Gasteiger partial charge in [-0.25, -0.2) is 0 Å². The zero-order chi connectivity index (χ0) is 12.7. The summed E-state index contributed by atoms with van der Waals surface area (Å²) in [5.41, 5.74) is 6.63. The molecule has 1 amide bonds. The van der Waals surface area contributed by atoms with E-state index in [1.807, 2.05) is 0 Å². The van der Waals surface area contributed by atoms with Crippen LogP contribution in [0, 0.1) is 0 Å². The van der Waals surface area contributed by atoms with Gasteiger partial charge in [-0.2, -0.15) is 0 Å². The maximum atomic E-state index is 11.5. The van der Waals surface area contributed by atoms with E-state index in [9.17, 15) is 4.79 Å². The molecule has 17 heavy (non-hydrogen) atoms. The van der Waals surface area contributed by atoms with Crippen molar-refractivity contribution in [1.29, 1.82) is 0 Å². The molecule has 5 nitrogen and oxygen atoms in total. The molecule has 1 aromatic rings. The summed E-state index contributed by atoms with van der Waals surface area (Å²) >= 11 is 0. The standard InChI is InChI=1S/C12H18N2O3/c13-11(12(17)14-6-1-7-15)8-9-2-4-10(16)5-3-9/h2-5,11,15-16H,1,6-8,13H2,(H,14,17). The van der Waals surface area contributed by atoms with Crippen molar-refractivity contribution in [2.24, 2.45) is 5.73 Å². The Bertz CT molecular complexity index is 351. The summed E-state index contributed by atoms with van der Waals surface area (Å²) in [6.45, 7) is 0.478. The molecule has 5 N–H and O–H groups in total. The van der Waals surface area contributed by atoms with Crippen LogP contribution in [0.5, 0.6) is 5.75 Å². The summed E-state index contributed by atoms with van der Waals surface area (Å²) in [5.74, 6) is -0.0405. The van der Waals surface area contributed by atoms with E-state index in [0.29, 0.717) is 19.4 Å². The van der Waals surface area contributed by atoms with Crippen molar-refractivity contribution in [2.45, 2.75) is 18.9 Å². The molecule has 1 rings (SSSR count). The smallest absolute Gasteiger partial charge is 0.237 e. The number of amides is 1. The Hall–Kier alpha value is -1.59. The number of carbonyl (C=O) groups excluding carboxylic acids is 1. The zero-order valence-corrected chi connectivity index (χ0v) is 9.60. The van der Waals surface area contributed by atoms with Crippen LogP contribution in [0.3, 0.4) is 0 Å². The fourth-order valence-electron chi connectivity index (χ4n) is 1.40. The van der Waals surface area contributed by atoms with Crippen molar-refractivity contribution < 1.29 is 15.0 Å². The molecule has 0 bridgehead atoms. The summed E-state index contributed by atoms with van der Waals surface area (Å²) in [4.78, 5) is 11.5. The first-order valence-corrected chi connectivity index (χ1v) is 5.55. The molecule has 5 heteroatoms. The Kier molecular flexibility index (Phi) is 5.45. The quantitative estimate of drug-likeness (QED) is 0.514. The van der Waals surface area contributed by atoms with Crippen LogP contribution in [-0.4, -0.2) is 35.3 Å². The number of phenolic OH excluding ortho intramolecular Hbond substituents is 1. The number of aliphatic hydroxyl groups excluding tert-OH is 1. The number of hydrogen-bond acceptors (Lipinski definition) is 4. The average Bonchev–Trinajstić information content (AvgIpc) is 2.32. The van der Waals surface area contributed by atoms with Gasteiger partial charge in [0.25, 0.3) is 0 Å². The van der Waals surface area contributed by atoms with Crippen molar-refractivity contribution in [1.82, 2.24) is 5.32 Å². The van der Waals surface area contributed by atoms with Gasteiger partial charge >= 0.3 is 0 Å². The fourth-order valence-corrected chi connectivity index (χ4v) is 1.40. The van der Waals surface area contributed by atoms with Crippen LogP contribution in [0.15, 0.2) is 24.3 Å². The van der Waals surface area contributed by atoms with E-state index in [1.165, 1.54) is 0 Å². The number of benzene rings is 1. The molecule has 0 heterocycles. The van der Waals surface area contributed by atoms with Gasteiger partial charge in [0.05, 0.1) is 6.04 Å². The normalized spacial score (nSPS) is 12.1. The SMILES string of the molecule is NC(Cc1ccc(O)cc1)C(=O)NCCCO. The monoisotopic (exact) mass is 238 g/mol. The molecular formula is C12H18N2O3. The van der Waals surface area contributed by atoms with E-state index < -0.39 is 6.04 Å². The van der Waals surface area contributed by atoms with E-state index in [0.717, 1.165) is 5.56 Å². The van der Waals surface area contributed by atoms with Crippen LogP contribution in [-0.2, 0) is 11.2 Å². The average molecular weight is 238 g/mol. The minimum Gasteiger partial charge on any atom is -0.508 e. The molecule has 0 aliphatic carbocycles. The van der Waals surface area contributed by atoms with E-state index in [2.05, 4.69) is 5.32 Å². The van der Waals surface area contributed by atoms with Crippen LogP contribution in [0.25, 0.3) is 0 Å². The molecule has 1 aromatic carbocycles. The maximum absolute atomic E-state index is 11.5. The minimum absolute atomic E-state index is 0.0491. The van der Waals surface area contributed by atoms with Gasteiger partial charge in [0.2, 0.25) is 5.91 Å². The third-order valence-electron chi connectivity index (χ3n) is 2.36. The Balaban J connectivity index is 2.40. The summed E-state index contributed by atoms with van der Waals surface area (Å²) in [7, 11) is 0. The van der Waals surface area contributed by atoms with Crippen LogP contribution in [0.2, 0.25) is 0 Å². The Morgan fingerprint density at radius 2 is 2.00 bits per heavy atom. The van der Waals surface area contributed by atoms with Crippen molar-refractivity contribution in [2.75, 3.05) is 13.2 Å². The number of phenols is 1. The Morgan fingerprint density at radius 3 is 2.59 bits per heavy atom. The molecule has 0 aliphatic rings. The van der Waals surface area contributed by atoms with E-state index in [4.69, 9.17) is 15.9 Å². The van der Waals surface area contributed by atoms with Crippen LogP contribution in [0.4, 0.5) is 0 Å². The lowest BCUT2D eigenvalue weighted by Gasteiger charge is -2.12. The van der Waals surface area contributed by atoms with Gasteiger partial charge in [-0.1, -0.05) is 12.1 Å². The van der Waals surface area contributed by atoms with Gasteiger partial charge in [0.15, 0.2) is 0 Å². The van der Waals surface area contributed by atoms with Gasteiger partial charge in [-0.05, 0) is 30.5 Å². The zero-order valence-electron chi connectivity index (χ0n) is 9.60. The first kappa shape index (κ1) is 13.5. The predicted molar refractivity (Wildman–Crippen MR) is 64.5 cm³/mol. The summed E-state index contributed by atoms with van der Waals surface area (Å²) in [5, 5.41) is 20.3. The van der Waals surface area contributed by atoms with Crippen LogP contribution >= 0.6 is 0 Å². The number of hydrogen-bond donors (Lipinski definition) is 4. The van der Waals surface area contributed by atoms with Crippen molar-refractivity contribution in [3.05, 3.63) is 29.8 Å². The maximum Gasteiger partial charge on any atom is 0.237 e. The number of aliphatic hydroxyl groups is 1. The molecule has 1 unspecified atom stereocenters. The molecule has 0 saturated carbocycles. The molecule has 0 aliphatic heterocycles. The second kappa shape index (κ2) is 6.88. The largest absolute Gasteiger partial charge is 0.508 e. The van der Waals surface area contributed by atoms with Gasteiger partial charge in [0.1, 0.15) is 5.75 Å². The predicted octanol–water partition coefficient (Wildman–Crippen LogP) is -0.239. The lowest BCUT2D eigenvalue weighted by Crippen LogP contribution is -2.42. The van der Waals surface area contributed by atoms with Gasteiger partial charge in [-0.3, -0.25) is 4.79 Å². The Labute approximate surface area is 100 Å². The highest BCUT2D eigenvalue weighted by molar-refractivity contribution is 5.81. The topological polar surface area (TPSA) is 95.6 Å². The second-order valence-electron chi connectivity index (χ2n) is 3.85. The number of nitrogens with one attached hydrogen (secondary N) is 1. The van der Waals surface area contributed by atoms with Crippen molar-refractivity contribution in [3.63, 3.8) is 0 Å². The lowest BCUT2D eigenvalue weighted by molar-refractivity contribution is -0.122. The first-order valence-electron chi connectivity index (χ1n) is 5.55. The summed E-state index contributed by atoms with van der Waals surface area (Å²) < 4.78 is 0. The molecule has 1 atom stereocenters. The van der Waals surface area contributed by atoms with Gasteiger partial charge < -0.3 is 21.3 Å². The summed E-state index contributed by atoms with van der Waals surface area (Å²) in [6.07, 6.45) is 0.947. The highest BCUT2D eigenvalue weighted by Crippen LogP contribution is 2.10. The molecular weight excluding hydrogens is 220 g/mol. The van der Waals surface area contributed by atoms with Crippen molar-refractivity contribution >= 4 is 5.91 Å². The molecule has 0 fully saturated rings. The van der Waals surface area contributed by atoms with Gasteiger partial charge in [-0.15, -0.1) is 0 Å². The number of rotatable bonds is 6. The number of nitrogens with two attached hydrogens (primary N) is 1. The molecule has 0 radical (unpaired) electrons. The highest BCUT2D eigenvalue weighted by atomic mass is 16.3. The number of aromatic hydroxyl groups is 1. The molecule has 0 saturated heterocycles. The summed E-state index contributed by atoms with van der Waals surface area (Å²) in [6, 6.07) is 5.97. The molecule has 0 aromatic heterocycles. The third kappa shape index (κ3) is 4.84. The van der Waals surface area contributed by atoms with Crippen molar-refractivity contribution in [3.8, 4) is 5.75 Å². The molecule has 94 valence electrons. The second-order valence-corrected chi connectivity index (χ2v) is 3.85. The lowest BCUT2D eigenvalue weighted by atomic mass is 10.1. The van der Waals surface area contributed by atoms with Crippen LogP contribution < -0.4 is 11.1 Å². The van der Waals surface area contributed by atoms with Crippen LogP contribution in [0.1, 0.15) is 12.0 Å². The Morgan fingerprint density at radius 1 is 1.35 bits per heavy atom. The number of carbonyl (C=O) groups is 1.